The molecule has 0 saturated carbocycles. The lowest BCUT2D eigenvalue weighted by Gasteiger charge is -2.26. The van der Waals surface area contributed by atoms with Gasteiger partial charge in [-0.25, -0.2) is 4.79 Å². The van der Waals surface area contributed by atoms with Crippen LogP contribution in [0, 0.1) is 5.92 Å². The number of nitrogens with one attached hydrogen (secondary N) is 1. The number of hydrogen-bond acceptors (Lipinski definition) is 6. The molecule has 0 amide bonds. The van der Waals surface area contributed by atoms with Gasteiger partial charge in [0.25, 0.3) is 5.56 Å². The molecule has 0 saturated heterocycles. The summed E-state index contributed by atoms with van der Waals surface area (Å²) in [5, 5.41) is 0. The molecule has 0 aliphatic carbocycles. The third-order valence-corrected chi connectivity index (χ3v) is 4.15. The zero-order chi connectivity index (χ0) is 20.0. The first-order chi connectivity index (χ1) is 12.9. The van der Waals surface area contributed by atoms with E-state index in [-0.39, 0.29) is 17.4 Å². The van der Waals surface area contributed by atoms with Crippen molar-refractivity contribution in [1.82, 2.24) is 9.55 Å². The number of aromatic amines is 1. The summed E-state index contributed by atoms with van der Waals surface area (Å²) in [6.45, 7) is 5.66. The lowest BCUT2D eigenvalue weighted by atomic mass is 10.2. The zero-order valence-corrected chi connectivity index (χ0v) is 16.3. The quantitative estimate of drug-likeness (QED) is 0.686. The topological polar surface area (TPSA) is 103 Å². The molecule has 0 fully saturated rings. The molecule has 0 bridgehead atoms. The maximum atomic E-state index is 12.6. The number of methoxy groups -OCH3 is 2. The minimum Gasteiger partial charge on any atom is -0.497 e. The van der Waals surface area contributed by atoms with Crippen molar-refractivity contribution in [2.75, 3.05) is 38.0 Å². The van der Waals surface area contributed by atoms with Gasteiger partial charge in [-0.05, 0) is 23.6 Å². The first-order valence-corrected chi connectivity index (χ1v) is 8.86. The van der Waals surface area contributed by atoms with E-state index in [0.717, 1.165) is 11.3 Å². The van der Waals surface area contributed by atoms with Crippen molar-refractivity contribution in [2.24, 2.45) is 5.92 Å². The second-order valence-corrected chi connectivity index (χ2v) is 6.76. The smallest absolute Gasteiger partial charge is 0.330 e. The zero-order valence-electron chi connectivity index (χ0n) is 16.3. The van der Waals surface area contributed by atoms with Gasteiger partial charge in [-0.1, -0.05) is 26.0 Å². The summed E-state index contributed by atoms with van der Waals surface area (Å²) in [5.41, 5.74) is 6.47. The third-order valence-electron chi connectivity index (χ3n) is 4.15. The fourth-order valence-electron chi connectivity index (χ4n) is 2.89. The van der Waals surface area contributed by atoms with E-state index >= 15 is 0 Å². The van der Waals surface area contributed by atoms with Crippen LogP contribution in [-0.2, 0) is 17.8 Å². The Labute approximate surface area is 158 Å². The largest absolute Gasteiger partial charge is 0.497 e. The van der Waals surface area contributed by atoms with Gasteiger partial charge in [0.2, 0.25) is 0 Å². The fraction of sp³-hybridized carbons (Fsp3) is 0.474. The van der Waals surface area contributed by atoms with Crippen LogP contribution in [-0.4, -0.2) is 36.9 Å². The number of hydrogen-bond donors (Lipinski definition) is 2. The number of nitrogens with zero attached hydrogens (tertiary/aromatic N) is 2. The van der Waals surface area contributed by atoms with Crippen LogP contribution in [0.1, 0.15) is 19.4 Å². The molecule has 0 aliphatic rings. The Kier molecular flexibility index (Phi) is 7.06. The average Bonchev–Trinajstić information content (AvgIpc) is 2.62. The summed E-state index contributed by atoms with van der Waals surface area (Å²) < 4.78 is 11.9. The van der Waals surface area contributed by atoms with Crippen molar-refractivity contribution < 1.29 is 9.47 Å². The van der Waals surface area contributed by atoms with E-state index in [9.17, 15) is 9.59 Å². The standard InChI is InChI=1S/C19H28N4O4/c1-13(2)11-23-17(20)16(18(24)21-19(23)25)22(8-9-26-3)12-14-6-5-7-15(10-14)27-4/h5-7,10,13H,8-9,11-12,20H2,1-4H3,(H,21,24,25). The lowest BCUT2D eigenvalue weighted by Crippen LogP contribution is -2.39. The van der Waals surface area contributed by atoms with Crippen molar-refractivity contribution in [3.63, 3.8) is 0 Å². The predicted molar refractivity (Wildman–Crippen MR) is 106 cm³/mol. The number of nitrogen functional groups attached to an aromatic ring is 1. The molecular formula is C19H28N4O4. The molecule has 148 valence electrons. The first kappa shape index (κ1) is 20.6. The Balaban J connectivity index is 2.49. The van der Waals surface area contributed by atoms with Crippen LogP contribution in [0.15, 0.2) is 33.9 Å². The number of anilines is 2. The SMILES string of the molecule is COCCN(Cc1cccc(OC)c1)c1c(N)n(CC(C)C)c(=O)[nH]c1=O. The summed E-state index contributed by atoms with van der Waals surface area (Å²) in [4.78, 5) is 29.0. The number of H-pyrrole nitrogens is 1. The summed E-state index contributed by atoms with van der Waals surface area (Å²) in [7, 11) is 3.20. The molecule has 0 unspecified atom stereocenters. The van der Waals surface area contributed by atoms with E-state index in [1.807, 2.05) is 43.0 Å². The summed E-state index contributed by atoms with van der Waals surface area (Å²) in [6, 6.07) is 7.58. The fourth-order valence-corrected chi connectivity index (χ4v) is 2.89. The van der Waals surface area contributed by atoms with Crippen molar-refractivity contribution in [3.05, 3.63) is 50.7 Å². The Morgan fingerprint density at radius 2 is 2.00 bits per heavy atom. The molecule has 0 radical (unpaired) electrons. The molecule has 0 atom stereocenters. The predicted octanol–water partition coefficient (Wildman–Crippen LogP) is 1.44. The highest BCUT2D eigenvalue weighted by Crippen LogP contribution is 2.21. The van der Waals surface area contributed by atoms with E-state index in [2.05, 4.69) is 4.98 Å². The Bertz CT molecular complexity index is 873. The van der Waals surface area contributed by atoms with Gasteiger partial charge in [0.1, 0.15) is 17.3 Å². The molecular weight excluding hydrogens is 348 g/mol. The highest BCUT2D eigenvalue weighted by Gasteiger charge is 2.19. The summed E-state index contributed by atoms with van der Waals surface area (Å²) in [5.74, 6) is 1.09. The van der Waals surface area contributed by atoms with Crippen LogP contribution in [0.3, 0.4) is 0 Å². The van der Waals surface area contributed by atoms with Gasteiger partial charge in [-0.3, -0.25) is 14.3 Å². The maximum absolute atomic E-state index is 12.6. The molecule has 0 spiro atoms. The Hall–Kier alpha value is -2.74. The van der Waals surface area contributed by atoms with E-state index < -0.39 is 11.2 Å². The van der Waals surface area contributed by atoms with Crippen LogP contribution in [0.2, 0.25) is 0 Å². The minimum atomic E-state index is -0.503. The van der Waals surface area contributed by atoms with E-state index in [1.54, 1.807) is 14.2 Å². The van der Waals surface area contributed by atoms with Crippen LogP contribution < -0.4 is 26.6 Å². The average molecular weight is 376 g/mol. The van der Waals surface area contributed by atoms with Crippen LogP contribution in [0.5, 0.6) is 5.75 Å². The van der Waals surface area contributed by atoms with Gasteiger partial charge in [-0.2, -0.15) is 0 Å². The number of nitrogens with two attached hydrogens (primary N) is 1. The van der Waals surface area contributed by atoms with Gasteiger partial charge in [0.05, 0.1) is 13.7 Å². The molecule has 2 rings (SSSR count). The molecule has 27 heavy (non-hydrogen) atoms. The van der Waals surface area contributed by atoms with E-state index in [1.165, 1.54) is 4.57 Å². The third kappa shape index (κ3) is 5.13. The number of aromatic nitrogens is 2. The van der Waals surface area contributed by atoms with Gasteiger partial charge in [0.15, 0.2) is 0 Å². The van der Waals surface area contributed by atoms with E-state index in [4.69, 9.17) is 15.2 Å². The van der Waals surface area contributed by atoms with Crippen LogP contribution >= 0.6 is 0 Å². The number of rotatable bonds is 9. The Morgan fingerprint density at radius 3 is 2.63 bits per heavy atom. The molecule has 0 aliphatic heterocycles. The van der Waals surface area contributed by atoms with Crippen molar-refractivity contribution in [1.29, 1.82) is 0 Å². The van der Waals surface area contributed by atoms with Crippen molar-refractivity contribution in [3.8, 4) is 5.75 Å². The Morgan fingerprint density at radius 1 is 1.26 bits per heavy atom. The first-order valence-electron chi connectivity index (χ1n) is 8.86. The molecule has 1 heterocycles. The minimum absolute atomic E-state index is 0.163. The van der Waals surface area contributed by atoms with Gasteiger partial charge in [0, 0.05) is 26.7 Å². The van der Waals surface area contributed by atoms with Crippen molar-refractivity contribution in [2.45, 2.75) is 26.9 Å². The second kappa shape index (κ2) is 9.27. The second-order valence-electron chi connectivity index (χ2n) is 6.76. The molecule has 8 nitrogen and oxygen atoms in total. The highest BCUT2D eigenvalue weighted by atomic mass is 16.5. The normalized spacial score (nSPS) is 11.0. The molecule has 1 aromatic heterocycles. The monoisotopic (exact) mass is 376 g/mol. The van der Waals surface area contributed by atoms with Gasteiger partial charge >= 0.3 is 5.69 Å². The maximum Gasteiger partial charge on any atom is 0.330 e. The summed E-state index contributed by atoms with van der Waals surface area (Å²) in [6.07, 6.45) is 0. The lowest BCUT2D eigenvalue weighted by molar-refractivity contribution is 0.205. The van der Waals surface area contributed by atoms with Crippen LogP contribution in [0.4, 0.5) is 11.5 Å². The molecule has 8 heteroatoms. The number of ether oxygens (including phenoxy) is 2. The van der Waals surface area contributed by atoms with Gasteiger partial charge < -0.3 is 20.1 Å². The van der Waals surface area contributed by atoms with Crippen LogP contribution in [0.25, 0.3) is 0 Å². The highest BCUT2D eigenvalue weighted by molar-refractivity contribution is 5.62. The summed E-state index contributed by atoms with van der Waals surface area (Å²) >= 11 is 0. The molecule has 2 aromatic rings. The van der Waals surface area contributed by atoms with Crippen molar-refractivity contribution >= 4 is 11.5 Å². The number of benzene rings is 1. The molecule has 1 aromatic carbocycles. The van der Waals surface area contributed by atoms with E-state index in [0.29, 0.717) is 26.2 Å². The molecule has 3 N–H and O–H groups in total. The van der Waals surface area contributed by atoms with Gasteiger partial charge in [-0.15, -0.1) is 0 Å².